The minimum Gasteiger partial charge on any atom is -0.467 e. The Labute approximate surface area is 103 Å². The molecule has 0 spiro atoms. The van der Waals surface area contributed by atoms with Crippen LogP contribution in [0, 0.1) is 5.92 Å². The van der Waals surface area contributed by atoms with E-state index in [2.05, 4.69) is 5.32 Å². The van der Waals surface area contributed by atoms with E-state index in [1.165, 1.54) is 14.0 Å². The van der Waals surface area contributed by atoms with Gasteiger partial charge in [-0.15, -0.1) is 0 Å². The summed E-state index contributed by atoms with van der Waals surface area (Å²) in [7, 11) is 1.25. The standard InChI is InChI=1S/C12H23NO4/c1-6-8(3)12(10(15)7-2,11(16)17-5)13-9(4)14/h8,10,15H,6-7H2,1-5H3,(H,13,14)/t8?,10-,12-/m1/s1. The van der Waals surface area contributed by atoms with Crippen LogP contribution in [0.15, 0.2) is 0 Å². The molecule has 0 aromatic heterocycles. The fourth-order valence-corrected chi connectivity index (χ4v) is 2.03. The first-order valence-corrected chi connectivity index (χ1v) is 5.91. The summed E-state index contributed by atoms with van der Waals surface area (Å²) in [5.74, 6) is -1.17. The number of aliphatic hydroxyl groups is 1. The smallest absolute Gasteiger partial charge is 0.334 e. The number of aliphatic hydroxyl groups excluding tert-OH is 1. The van der Waals surface area contributed by atoms with Crippen LogP contribution in [0.5, 0.6) is 0 Å². The Balaban J connectivity index is 5.51. The SMILES string of the molecule is CCC(C)[C@](NC(C)=O)(C(=O)OC)[C@H](O)CC. The molecule has 0 radical (unpaired) electrons. The average Bonchev–Trinajstić information content (AvgIpc) is 2.32. The molecule has 5 heteroatoms. The molecule has 0 saturated heterocycles. The highest BCUT2D eigenvalue weighted by Gasteiger charge is 2.50. The van der Waals surface area contributed by atoms with E-state index >= 15 is 0 Å². The predicted molar refractivity (Wildman–Crippen MR) is 64.3 cm³/mol. The Kier molecular flexibility index (Phi) is 6.16. The third-order valence-electron chi connectivity index (χ3n) is 3.21. The van der Waals surface area contributed by atoms with E-state index in [1.54, 1.807) is 6.92 Å². The van der Waals surface area contributed by atoms with E-state index in [9.17, 15) is 14.7 Å². The number of rotatable bonds is 6. The first-order chi connectivity index (χ1) is 7.86. The van der Waals surface area contributed by atoms with Gasteiger partial charge in [0.1, 0.15) is 0 Å². The van der Waals surface area contributed by atoms with Crippen LogP contribution in [0.4, 0.5) is 0 Å². The number of carbonyl (C=O) groups is 2. The van der Waals surface area contributed by atoms with Gasteiger partial charge in [-0.2, -0.15) is 0 Å². The Morgan fingerprint density at radius 2 is 1.88 bits per heavy atom. The van der Waals surface area contributed by atoms with Gasteiger partial charge in [0.05, 0.1) is 13.2 Å². The van der Waals surface area contributed by atoms with Crippen LogP contribution in [0.1, 0.15) is 40.5 Å². The summed E-state index contributed by atoms with van der Waals surface area (Å²) in [5, 5.41) is 12.7. The lowest BCUT2D eigenvalue weighted by molar-refractivity contribution is -0.160. The molecule has 0 aromatic rings. The number of amides is 1. The zero-order valence-electron chi connectivity index (χ0n) is 11.2. The Morgan fingerprint density at radius 3 is 2.18 bits per heavy atom. The lowest BCUT2D eigenvalue weighted by Crippen LogP contribution is -2.65. The number of ether oxygens (including phenoxy) is 1. The Bertz CT molecular complexity index is 268. The average molecular weight is 245 g/mol. The monoisotopic (exact) mass is 245 g/mol. The summed E-state index contributed by atoms with van der Waals surface area (Å²) in [6.45, 7) is 6.79. The highest BCUT2D eigenvalue weighted by Crippen LogP contribution is 2.28. The summed E-state index contributed by atoms with van der Waals surface area (Å²) in [6.07, 6.45) is 0.0420. The maximum absolute atomic E-state index is 12.0. The van der Waals surface area contributed by atoms with Crippen molar-refractivity contribution in [1.82, 2.24) is 5.32 Å². The molecule has 1 amide bonds. The van der Waals surface area contributed by atoms with Crippen LogP contribution < -0.4 is 5.32 Å². The van der Waals surface area contributed by atoms with Crippen LogP contribution in [0.25, 0.3) is 0 Å². The Morgan fingerprint density at radius 1 is 1.35 bits per heavy atom. The van der Waals surface area contributed by atoms with E-state index in [0.29, 0.717) is 12.8 Å². The molecule has 0 aliphatic rings. The largest absolute Gasteiger partial charge is 0.467 e. The van der Waals surface area contributed by atoms with E-state index in [4.69, 9.17) is 4.74 Å². The van der Waals surface area contributed by atoms with Gasteiger partial charge < -0.3 is 15.2 Å². The summed E-state index contributed by atoms with van der Waals surface area (Å²) < 4.78 is 4.75. The summed E-state index contributed by atoms with van der Waals surface area (Å²) in [5.41, 5.74) is -1.36. The zero-order chi connectivity index (χ0) is 13.6. The highest BCUT2D eigenvalue weighted by atomic mass is 16.5. The van der Waals surface area contributed by atoms with Gasteiger partial charge in [-0.05, 0) is 12.3 Å². The van der Waals surface area contributed by atoms with Gasteiger partial charge in [0.25, 0.3) is 0 Å². The van der Waals surface area contributed by atoms with Gasteiger partial charge in [-0.25, -0.2) is 4.79 Å². The van der Waals surface area contributed by atoms with E-state index in [1.807, 2.05) is 13.8 Å². The molecule has 100 valence electrons. The molecule has 0 saturated carbocycles. The zero-order valence-corrected chi connectivity index (χ0v) is 11.2. The Hall–Kier alpha value is -1.10. The van der Waals surface area contributed by atoms with Gasteiger partial charge in [0.2, 0.25) is 5.91 Å². The number of hydrogen-bond acceptors (Lipinski definition) is 4. The molecule has 5 nitrogen and oxygen atoms in total. The third-order valence-corrected chi connectivity index (χ3v) is 3.21. The van der Waals surface area contributed by atoms with Crippen molar-refractivity contribution in [1.29, 1.82) is 0 Å². The summed E-state index contributed by atoms with van der Waals surface area (Å²) in [4.78, 5) is 23.3. The number of nitrogens with one attached hydrogen (secondary N) is 1. The normalized spacial score (nSPS) is 17.8. The van der Waals surface area contributed by atoms with Crippen molar-refractivity contribution in [2.24, 2.45) is 5.92 Å². The third kappa shape index (κ3) is 3.19. The van der Waals surface area contributed by atoms with Crippen molar-refractivity contribution < 1.29 is 19.4 Å². The second kappa shape index (κ2) is 6.59. The number of methoxy groups -OCH3 is 1. The molecular formula is C12H23NO4. The lowest BCUT2D eigenvalue weighted by Gasteiger charge is -2.40. The van der Waals surface area contributed by atoms with Crippen molar-refractivity contribution in [3.8, 4) is 0 Å². The maximum atomic E-state index is 12.0. The van der Waals surface area contributed by atoms with Crippen LogP contribution in [-0.4, -0.2) is 35.7 Å². The molecule has 0 fully saturated rings. The topological polar surface area (TPSA) is 75.6 Å². The van der Waals surface area contributed by atoms with Gasteiger partial charge in [-0.1, -0.05) is 27.2 Å². The first kappa shape index (κ1) is 15.9. The van der Waals surface area contributed by atoms with E-state index in [-0.39, 0.29) is 11.8 Å². The van der Waals surface area contributed by atoms with Gasteiger partial charge in [0, 0.05) is 6.92 Å². The predicted octanol–water partition coefficient (Wildman–Crippen LogP) is 0.851. The van der Waals surface area contributed by atoms with Gasteiger partial charge in [-0.3, -0.25) is 4.79 Å². The molecule has 2 N–H and O–H groups in total. The molecule has 17 heavy (non-hydrogen) atoms. The van der Waals surface area contributed by atoms with Crippen molar-refractivity contribution in [2.45, 2.75) is 52.2 Å². The minimum atomic E-state index is -1.36. The molecule has 0 aromatic carbocycles. The molecule has 0 bridgehead atoms. The summed E-state index contributed by atoms with van der Waals surface area (Å²) >= 11 is 0. The quantitative estimate of drug-likeness (QED) is 0.680. The van der Waals surface area contributed by atoms with Crippen molar-refractivity contribution in [2.75, 3.05) is 7.11 Å². The fourth-order valence-electron chi connectivity index (χ4n) is 2.03. The molecular weight excluding hydrogens is 222 g/mol. The lowest BCUT2D eigenvalue weighted by atomic mass is 9.77. The number of carbonyl (C=O) groups excluding carboxylic acids is 2. The van der Waals surface area contributed by atoms with Crippen LogP contribution in [0.2, 0.25) is 0 Å². The van der Waals surface area contributed by atoms with Gasteiger partial charge in [0.15, 0.2) is 5.54 Å². The molecule has 0 aliphatic carbocycles. The van der Waals surface area contributed by atoms with Crippen LogP contribution in [-0.2, 0) is 14.3 Å². The number of esters is 1. The van der Waals surface area contributed by atoms with E-state index < -0.39 is 17.6 Å². The highest BCUT2D eigenvalue weighted by molar-refractivity contribution is 5.88. The fraction of sp³-hybridized carbons (Fsp3) is 0.833. The second-order valence-corrected chi connectivity index (χ2v) is 4.28. The second-order valence-electron chi connectivity index (χ2n) is 4.28. The molecule has 0 heterocycles. The minimum absolute atomic E-state index is 0.214. The maximum Gasteiger partial charge on any atom is 0.334 e. The van der Waals surface area contributed by atoms with Crippen molar-refractivity contribution in [3.63, 3.8) is 0 Å². The molecule has 1 unspecified atom stereocenters. The summed E-state index contributed by atoms with van der Waals surface area (Å²) in [6, 6.07) is 0. The molecule has 0 aliphatic heterocycles. The van der Waals surface area contributed by atoms with Crippen molar-refractivity contribution >= 4 is 11.9 Å². The first-order valence-electron chi connectivity index (χ1n) is 5.91. The van der Waals surface area contributed by atoms with E-state index in [0.717, 1.165) is 0 Å². The van der Waals surface area contributed by atoms with Gasteiger partial charge >= 0.3 is 5.97 Å². The van der Waals surface area contributed by atoms with Crippen LogP contribution >= 0.6 is 0 Å². The molecule has 0 rings (SSSR count). The van der Waals surface area contributed by atoms with Crippen molar-refractivity contribution in [3.05, 3.63) is 0 Å². The van der Waals surface area contributed by atoms with Crippen LogP contribution in [0.3, 0.4) is 0 Å². The number of hydrogen-bond donors (Lipinski definition) is 2. The molecule has 3 atom stereocenters.